The fourth-order valence-corrected chi connectivity index (χ4v) is 3.17. The predicted molar refractivity (Wildman–Crippen MR) is 84.9 cm³/mol. The van der Waals surface area contributed by atoms with E-state index in [0.29, 0.717) is 23.8 Å². The van der Waals surface area contributed by atoms with Gasteiger partial charge in [-0.25, -0.2) is 9.37 Å². The zero-order valence-electron chi connectivity index (χ0n) is 12.4. The normalized spacial score (nSPS) is 16.5. The number of aromatic nitrogens is 1. The molecule has 1 aliphatic heterocycles. The van der Waals surface area contributed by atoms with Gasteiger partial charge in [0.15, 0.2) is 11.6 Å². The molecule has 0 saturated carbocycles. The van der Waals surface area contributed by atoms with Gasteiger partial charge in [0.25, 0.3) is 0 Å². The quantitative estimate of drug-likeness (QED) is 0.904. The second kappa shape index (κ2) is 7.84. The average Bonchev–Trinajstić information content (AvgIpc) is 2.69. The molecule has 3 nitrogen and oxygen atoms in total. The van der Waals surface area contributed by atoms with E-state index in [1.54, 1.807) is 12.3 Å². The van der Waals surface area contributed by atoms with Crippen LogP contribution in [0.2, 0.25) is 0 Å². The molecular formula is C15H24FN3S. The van der Waals surface area contributed by atoms with E-state index in [0.717, 1.165) is 37.6 Å². The van der Waals surface area contributed by atoms with Crippen molar-refractivity contribution in [1.29, 1.82) is 0 Å². The van der Waals surface area contributed by atoms with E-state index < -0.39 is 0 Å². The molecule has 0 unspecified atom stereocenters. The van der Waals surface area contributed by atoms with Crippen LogP contribution < -0.4 is 10.2 Å². The Morgan fingerprint density at radius 3 is 3.05 bits per heavy atom. The van der Waals surface area contributed by atoms with Gasteiger partial charge in [0.05, 0.1) is 0 Å². The Morgan fingerprint density at radius 2 is 2.25 bits per heavy atom. The Labute approximate surface area is 125 Å². The first-order chi connectivity index (χ1) is 9.68. The summed E-state index contributed by atoms with van der Waals surface area (Å²) < 4.78 is 14.6. The van der Waals surface area contributed by atoms with Crippen LogP contribution in [0.5, 0.6) is 0 Å². The number of thioether (sulfide) groups is 1. The molecule has 0 aromatic carbocycles. The van der Waals surface area contributed by atoms with Crippen LogP contribution in [0.4, 0.5) is 10.2 Å². The number of pyridine rings is 1. The summed E-state index contributed by atoms with van der Waals surface area (Å²) in [5, 5.41) is 3.29. The van der Waals surface area contributed by atoms with Gasteiger partial charge in [-0.3, -0.25) is 0 Å². The minimum Gasteiger partial charge on any atom is -0.353 e. The fraction of sp³-hybridized carbons (Fsp3) is 0.667. The van der Waals surface area contributed by atoms with E-state index >= 15 is 0 Å². The Kier molecular flexibility index (Phi) is 6.10. The topological polar surface area (TPSA) is 28.2 Å². The molecule has 0 spiro atoms. The molecule has 1 aromatic rings. The highest BCUT2D eigenvalue weighted by Crippen LogP contribution is 2.22. The van der Waals surface area contributed by atoms with E-state index in [1.165, 1.54) is 0 Å². The van der Waals surface area contributed by atoms with Gasteiger partial charge in [0, 0.05) is 37.1 Å². The van der Waals surface area contributed by atoms with Crippen LogP contribution in [0, 0.1) is 11.7 Å². The van der Waals surface area contributed by atoms with Gasteiger partial charge in [-0.1, -0.05) is 13.8 Å². The number of hydrogen-bond donors (Lipinski definition) is 1. The summed E-state index contributed by atoms with van der Waals surface area (Å²) in [6.07, 6.45) is 2.82. The highest BCUT2D eigenvalue weighted by Gasteiger charge is 2.17. The van der Waals surface area contributed by atoms with Crippen molar-refractivity contribution < 1.29 is 4.39 Å². The molecule has 0 amide bonds. The Hall–Kier alpha value is -0.810. The lowest BCUT2D eigenvalue weighted by atomic mass is 10.2. The van der Waals surface area contributed by atoms with E-state index in [9.17, 15) is 4.39 Å². The van der Waals surface area contributed by atoms with E-state index in [2.05, 4.69) is 29.0 Å². The third-order valence-corrected chi connectivity index (χ3v) is 4.39. The lowest BCUT2D eigenvalue weighted by molar-refractivity contribution is 0.532. The van der Waals surface area contributed by atoms with Crippen molar-refractivity contribution in [3.8, 4) is 0 Å². The van der Waals surface area contributed by atoms with Gasteiger partial charge in [-0.05, 0) is 30.7 Å². The number of rotatable bonds is 5. The molecule has 112 valence electrons. The van der Waals surface area contributed by atoms with Crippen molar-refractivity contribution in [2.45, 2.75) is 26.8 Å². The lowest BCUT2D eigenvalue weighted by Crippen LogP contribution is -2.28. The molecule has 5 heteroatoms. The Morgan fingerprint density at radius 1 is 1.40 bits per heavy atom. The zero-order valence-corrected chi connectivity index (χ0v) is 13.2. The number of hydrogen-bond acceptors (Lipinski definition) is 4. The SMILES string of the molecule is CC(C)CNCc1ccnc(N2CCCSCC2)c1F. The first kappa shape index (κ1) is 15.6. The average molecular weight is 297 g/mol. The number of nitrogens with one attached hydrogen (secondary N) is 1. The maximum absolute atomic E-state index is 14.6. The molecule has 1 aromatic heterocycles. The molecule has 0 aliphatic carbocycles. The molecule has 1 fully saturated rings. The highest BCUT2D eigenvalue weighted by atomic mass is 32.2. The molecule has 1 N–H and O–H groups in total. The zero-order chi connectivity index (χ0) is 14.4. The standard InChI is InChI=1S/C15H24FN3S/c1-12(2)10-17-11-13-4-5-18-15(14(13)16)19-6-3-8-20-9-7-19/h4-5,12,17H,3,6-11H2,1-2H3. The highest BCUT2D eigenvalue weighted by molar-refractivity contribution is 7.99. The van der Waals surface area contributed by atoms with Crippen LogP contribution in [0.15, 0.2) is 12.3 Å². The lowest BCUT2D eigenvalue weighted by Gasteiger charge is -2.22. The first-order valence-electron chi connectivity index (χ1n) is 7.35. The van der Waals surface area contributed by atoms with E-state index in [1.807, 2.05) is 11.8 Å². The third-order valence-electron chi connectivity index (χ3n) is 3.34. The molecule has 0 radical (unpaired) electrons. The van der Waals surface area contributed by atoms with Crippen LogP contribution in [-0.2, 0) is 6.54 Å². The summed E-state index contributed by atoms with van der Waals surface area (Å²) in [6, 6.07) is 1.78. The van der Waals surface area contributed by atoms with Gasteiger partial charge >= 0.3 is 0 Å². The summed E-state index contributed by atoms with van der Waals surface area (Å²) in [5.41, 5.74) is 0.715. The van der Waals surface area contributed by atoms with Gasteiger partial charge < -0.3 is 10.2 Å². The second-order valence-corrected chi connectivity index (χ2v) is 6.81. The molecule has 0 bridgehead atoms. The molecule has 0 atom stereocenters. The van der Waals surface area contributed by atoms with E-state index in [4.69, 9.17) is 0 Å². The van der Waals surface area contributed by atoms with Crippen molar-refractivity contribution in [2.24, 2.45) is 5.92 Å². The van der Waals surface area contributed by atoms with Gasteiger partial charge in [0.2, 0.25) is 0 Å². The van der Waals surface area contributed by atoms with Crippen molar-refractivity contribution in [1.82, 2.24) is 10.3 Å². The van der Waals surface area contributed by atoms with Gasteiger partial charge in [-0.15, -0.1) is 0 Å². The second-order valence-electron chi connectivity index (χ2n) is 5.59. The maximum Gasteiger partial charge on any atom is 0.170 e. The number of halogens is 1. The molecule has 1 aliphatic rings. The van der Waals surface area contributed by atoms with Crippen LogP contribution >= 0.6 is 11.8 Å². The summed E-state index contributed by atoms with van der Waals surface area (Å²) in [5.74, 6) is 3.15. The van der Waals surface area contributed by atoms with Gasteiger partial charge in [0.1, 0.15) is 0 Å². The van der Waals surface area contributed by atoms with Crippen LogP contribution in [0.3, 0.4) is 0 Å². The van der Waals surface area contributed by atoms with Crippen LogP contribution in [0.1, 0.15) is 25.8 Å². The largest absolute Gasteiger partial charge is 0.353 e. The summed E-state index contributed by atoms with van der Waals surface area (Å²) in [4.78, 5) is 6.35. The smallest absolute Gasteiger partial charge is 0.170 e. The molecule has 2 rings (SSSR count). The summed E-state index contributed by atoms with van der Waals surface area (Å²) >= 11 is 1.94. The predicted octanol–water partition coefficient (Wildman–Crippen LogP) is 2.91. The minimum absolute atomic E-state index is 0.157. The van der Waals surface area contributed by atoms with Gasteiger partial charge in [-0.2, -0.15) is 11.8 Å². The van der Waals surface area contributed by atoms with Crippen molar-refractivity contribution >= 4 is 17.6 Å². The summed E-state index contributed by atoms with van der Waals surface area (Å²) in [7, 11) is 0. The number of anilines is 1. The maximum atomic E-state index is 14.6. The first-order valence-corrected chi connectivity index (χ1v) is 8.50. The molecular weight excluding hydrogens is 273 g/mol. The monoisotopic (exact) mass is 297 g/mol. The number of nitrogens with zero attached hydrogens (tertiary/aromatic N) is 2. The molecule has 20 heavy (non-hydrogen) atoms. The van der Waals surface area contributed by atoms with Crippen LogP contribution in [-0.4, -0.2) is 36.1 Å². The van der Waals surface area contributed by atoms with Crippen molar-refractivity contribution in [3.05, 3.63) is 23.6 Å². The molecule has 2 heterocycles. The third kappa shape index (κ3) is 4.35. The minimum atomic E-state index is -0.157. The Bertz CT molecular complexity index is 418. The summed E-state index contributed by atoms with van der Waals surface area (Å²) in [6.45, 7) is 7.56. The molecule has 1 saturated heterocycles. The fourth-order valence-electron chi connectivity index (χ4n) is 2.28. The van der Waals surface area contributed by atoms with E-state index in [-0.39, 0.29) is 5.82 Å². The van der Waals surface area contributed by atoms with Crippen molar-refractivity contribution in [3.63, 3.8) is 0 Å². The Balaban J connectivity index is 2.05. The van der Waals surface area contributed by atoms with Crippen molar-refractivity contribution in [2.75, 3.05) is 36.0 Å². The van der Waals surface area contributed by atoms with Crippen LogP contribution in [0.25, 0.3) is 0 Å².